The van der Waals surface area contributed by atoms with Crippen LogP contribution in [0.1, 0.15) is 44.2 Å². The van der Waals surface area contributed by atoms with Crippen LogP contribution >= 0.6 is 0 Å². The van der Waals surface area contributed by atoms with E-state index >= 15 is 0 Å². The molecule has 8 heteroatoms. The summed E-state index contributed by atoms with van der Waals surface area (Å²) in [6.07, 6.45) is 10.5. The first kappa shape index (κ1) is 19.7. The van der Waals surface area contributed by atoms with E-state index in [2.05, 4.69) is 15.2 Å². The fraction of sp³-hybridized carbons (Fsp3) is 0.280. The molecule has 8 nitrogen and oxygen atoms in total. The second-order valence-electron chi connectivity index (χ2n) is 9.18. The zero-order valence-electron chi connectivity index (χ0n) is 18.3. The predicted molar refractivity (Wildman–Crippen MR) is 124 cm³/mol. The number of rotatable bonds is 4. The Morgan fingerprint density at radius 3 is 2.67 bits per heavy atom. The summed E-state index contributed by atoms with van der Waals surface area (Å²) in [7, 11) is 0. The van der Waals surface area contributed by atoms with Crippen molar-refractivity contribution in [3.05, 3.63) is 66.9 Å². The van der Waals surface area contributed by atoms with Crippen molar-refractivity contribution in [1.82, 2.24) is 29.4 Å². The number of aliphatic carboxylic acids is 1. The van der Waals surface area contributed by atoms with Gasteiger partial charge in [0.05, 0.1) is 29.2 Å². The van der Waals surface area contributed by atoms with Crippen molar-refractivity contribution in [3.63, 3.8) is 0 Å². The minimum atomic E-state index is -0.704. The summed E-state index contributed by atoms with van der Waals surface area (Å²) in [6.45, 7) is 1.85. The van der Waals surface area contributed by atoms with Gasteiger partial charge in [-0.1, -0.05) is 18.2 Å². The molecule has 0 atom stereocenters. The summed E-state index contributed by atoms with van der Waals surface area (Å²) in [6, 6.07) is 12.0. The zero-order valence-corrected chi connectivity index (χ0v) is 18.3. The van der Waals surface area contributed by atoms with Gasteiger partial charge in [0, 0.05) is 34.8 Å². The molecule has 1 aliphatic rings. The van der Waals surface area contributed by atoms with Gasteiger partial charge in [0.2, 0.25) is 0 Å². The van der Waals surface area contributed by atoms with E-state index in [-0.39, 0.29) is 5.92 Å². The molecule has 0 saturated heterocycles. The van der Waals surface area contributed by atoms with Crippen molar-refractivity contribution in [1.29, 1.82) is 0 Å². The molecule has 33 heavy (non-hydrogen) atoms. The van der Waals surface area contributed by atoms with Crippen molar-refractivity contribution >= 4 is 22.6 Å². The van der Waals surface area contributed by atoms with Gasteiger partial charge in [-0.05, 0) is 50.8 Å². The SMILES string of the molecule is CC1(C(=O)O)CCC(c2nc3c(-c4cnn(-c5ccccc5)c4)cnn3c3[nH]ccc23)CC1. The number of carbonyl (C=O) groups is 1. The molecule has 0 bridgehead atoms. The van der Waals surface area contributed by atoms with Gasteiger partial charge in [-0.15, -0.1) is 0 Å². The highest BCUT2D eigenvalue weighted by molar-refractivity contribution is 5.86. The number of carboxylic acid groups (broad SMARTS) is 1. The molecule has 0 radical (unpaired) electrons. The van der Waals surface area contributed by atoms with Gasteiger partial charge in [0.15, 0.2) is 5.65 Å². The van der Waals surface area contributed by atoms with E-state index in [1.165, 1.54) is 0 Å². The first-order valence-corrected chi connectivity index (χ1v) is 11.2. The monoisotopic (exact) mass is 440 g/mol. The molecule has 0 aliphatic heterocycles. The van der Waals surface area contributed by atoms with Crippen LogP contribution < -0.4 is 0 Å². The third-order valence-corrected chi connectivity index (χ3v) is 7.09. The lowest BCUT2D eigenvalue weighted by Crippen LogP contribution is -2.32. The standard InChI is InChI=1S/C25H24N6O2/c1-25(24(32)33)10-7-16(8-11-25)21-19-9-12-26-22(19)31-23(29-21)20(14-28-31)17-13-27-30(15-17)18-5-3-2-4-6-18/h2-6,9,12-16,26H,7-8,10-11H2,1H3,(H,32,33). The number of para-hydroxylation sites is 1. The van der Waals surface area contributed by atoms with Crippen LogP contribution in [0.4, 0.5) is 0 Å². The molecule has 1 aromatic carbocycles. The molecule has 0 amide bonds. The Bertz CT molecular complexity index is 1470. The van der Waals surface area contributed by atoms with E-state index in [1.807, 2.05) is 77.3 Å². The zero-order chi connectivity index (χ0) is 22.6. The number of aromatic amines is 1. The number of benzene rings is 1. The predicted octanol–water partition coefficient (Wildman–Crippen LogP) is 4.81. The van der Waals surface area contributed by atoms with E-state index in [0.717, 1.165) is 52.0 Å². The van der Waals surface area contributed by atoms with E-state index < -0.39 is 11.4 Å². The number of aromatic nitrogens is 6. The van der Waals surface area contributed by atoms with Crippen molar-refractivity contribution in [2.75, 3.05) is 0 Å². The molecule has 0 unspecified atom stereocenters. The number of nitrogens with zero attached hydrogens (tertiary/aromatic N) is 5. The van der Waals surface area contributed by atoms with Gasteiger partial charge >= 0.3 is 5.97 Å². The number of nitrogens with one attached hydrogen (secondary N) is 1. The van der Waals surface area contributed by atoms with E-state index in [1.54, 1.807) is 0 Å². The first-order chi connectivity index (χ1) is 16.0. The highest BCUT2D eigenvalue weighted by Gasteiger charge is 2.38. The maximum atomic E-state index is 11.7. The number of hydrogen-bond donors (Lipinski definition) is 2. The Hall–Kier alpha value is -3.94. The van der Waals surface area contributed by atoms with Crippen molar-refractivity contribution in [3.8, 4) is 16.8 Å². The lowest BCUT2D eigenvalue weighted by molar-refractivity contribution is -0.149. The molecule has 0 spiro atoms. The minimum Gasteiger partial charge on any atom is -0.481 e. The van der Waals surface area contributed by atoms with Gasteiger partial charge in [-0.3, -0.25) is 4.79 Å². The molecule has 1 saturated carbocycles. The maximum Gasteiger partial charge on any atom is 0.309 e. The second-order valence-corrected chi connectivity index (χ2v) is 9.18. The molecule has 6 rings (SSSR count). The summed E-state index contributed by atoms with van der Waals surface area (Å²) < 4.78 is 3.69. The Labute approximate surface area is 189 Å². The van der Waals surface area contributed by atoms with Crippen molar-refractivity contribution in [2.24, 2.45) is 5.41 Å². The van der Waals surface area contributed by atoms with Crippen LogP contribution in [0.25, 0.3) is 33.5 Å². The summed E-state index contributed by atoms with van der Waals surface area (Å²) in [5, 5.41) is 19.8. The fourth-order valence-corrected chi connectivity index (χ4v) is 4.97. The fourth-order valence-electron chi connectivity index (χ4n) is 4.97. The highest BCUT2D eigenvalue weighted by atomic mass is 16.4. The molecular formula is C25H24N6O2. The van der Waals surface area contributed by atoms with Gasteiger partial charge < -0.3 is 10.1 Å². The molecule has 1 fully saturated rings. The number of carboxylic acids is 1. The average Bonchev–Trinajstić information content (AvgIpc) is 3.58. The Balaban J connectivity index is 1.43. The minimum absolute atomic E-state index is 0.218. The molecule has 1 aliphatic carbocycles. The van der Waals surface area contributed by atoms with Crippen molar-refractivity contribution in [2.45, 2.75) is 38.5 Å². The van der Waals surface area contributed by atoms with Gasteiger partial charge in [0.1, 0.15) is 5.65 Å². The number of fused-ring (bicyclic) bond motifs is 3. The van der Waals surface area contributed by atoms with Crippen LogP contribution in [0.2, 0.25) is 0 Å². The van der Waals surface area contributed by atoms with Crippen LogP contribution in [-0.2, 0) is 4.79 Å². The average molecular weight is 441 g/mol. The van der Waals surface area contributed by atoms with Gasteiger partial charge in [-0.2, -0.15) is 14.7 Å². The molecule has 166 valence electrons. The smallest absolute Gasteiger partial charge is 0.309 e. The normalized spacial score (nSPS) is 21.1. The number of H-pyrrole nitrogens is 1. The van der Waals surface area contributed by atoms with Gasteiger partial charge in [-0.25, -0.2) is 9.67 Å². The third-order valence-electron chi connectivity index (χ3n) is 7.09. The van der Waals surface area contributed by atoms with Crippen LogP contribution in [0.3, 0.4) is 0 Å². The lowest BCUT2D eigenvalue weighted by atomic mass is 9.70. The Kier molecular flexibility index (Phi) is 4.36. The van der Waals surface area contributed by atoms with E-state index in [4.69, 9.17) is 4.98 Å². The maximum absolute atomic E-state index is 11.7. The van der Waals surface area contributed by atoms with Crippen LogP contribution in [-0.4, -0.2) is 40.4 Å². The summed E-state index contributed by atoms with van der Waals surface area (Å²) in [5.74, 6) is -0.486. The summed E-state index contributed by atoms with van der Waals surface area (Å²) in [5.41, 5.74) is 4.91. The van der Waals surface area contributed by atoms with Crippen LogP contribution in [0.15, 0.2) is 61.2 Å². The van der Waals surface area contributed by atoms with Gasteiger partial charge in [0.25, 0.3) is 0 Å². The third kappa shape index (κ3) is 3.13. The second kappa shape index (κ2) is 7.30. The quantitative estimate of drug-likeness (QED) is 0.418. The van der Waals surface area contributed by atoms with E-state index in [0.29, 0.717) is 12.8 Å². The highest BCUT2D eigenvalue weighted by Crippen LogP contribution is 2.44. The molecule has 4 heterocycles. The molecule has 2 N–H and O–H groups in total. The van der Waals surface area contributed by atoms with Crippen molar-refractivity contribution < 1.29 is 9.90 Å². The Morgan fingerprint density at radius 2 is 1.91 bits per heavy atom. The largest absolute Gasteiger partial charge is 0.481 e. The first-order valence-electron chi connectivity index (χ1n) is 11.2. The summed E-state index contributed by atoms with van der Waals surface area (Å²) >= 11 is 0. The molecular weight excluding hydrogens is 416 g/mol. The Morgan fingerprint density at radius 1 is 1.12 bits per heavy atom. The number of hydrogen-bond acceptors (Lipinski definition) is 4. The molecule has 4 aromatic heterocycles. The molecule has 5 aromatic rings. The summed E-state index contributed by atoms with van der Waals surface area (Å²) in [4.78, 5) is 20.1. The van der Waals surface area contributed by atoms with Crippen LogP contribution in [0, 0.1) is 5.41 Å². The van der Waals surface area contributed by atoms with Crippen LogP contribution in [0.5, 0.6) is 0 Å². The topological polar surface area (TPSA) is 101 Å². The van der Waals surface area contributed by atoms with E-state index in [9.17, 15) is 9.90 Å². The lowest BCUT2D eigenvalue weighted by Gasteiger charge is -2.33.